The van der Waals surface area contributed by atoms with Crippen molar-refractivity contribution in [1.82, 2.24) is 25.2 Å². The zero-order valence-corrected chi connectivity index (χ0v) is 10.0. The van der Waals surface area contributed by atoms with Crippen molar-refractivity contribution in [1.29, 1.82) is 0 Å². The molecule has 0 spiro atoms. The van der Waals surface area contributed by atoms with Crippen molar-refractivity contribution >= 4 is 0 Å². The number of rotatable bonds is 5. The fourth-order valence-electron chi connectivity index (χ4n) is 1.78. The van der Waals surface area contributed by atoms with Gasteiger partial charge in [0, 0.05) is 19.2 Å². The van der Waals surface area contributed by atoms with Crippen LogP contribution in [0.1, 0.15) is 24.4 Å². The van der Waals surface area contributed by atoms with Gasteiger partial charge in [-0.1, -0.05) is 0 Å². The van der Waals surface area contributed by atoms with Crippen LogP contribution >= 0.6 is 0 Å². The molecule has 0 saturated carbocycles. The maximum atomic E-state index is 13.1. The summed E-state index contributed by atoms with van der Waals surface area (Å²) < 4.78 is 14.9. The van der Waals surface area contributed by atoms with Gasteiger partial charge in [-0.2, -0.15) is 5.10 Å². The number of nitrogens with two attached hydrogens (primary N) is 1. The number of pyridine rings is 1. The van der Waals surface area contributed by atoms with Gasteiger partial charge in [0.25, 0.3) is 0 Å². The number of aromatic nitrogens is 4. The molecule has 0 aliphatic heterocycles. The van der Waals surface area contributed by atoms with Crippen molar-refractivity contribution in [2.24, 2.45) is 5.84 Å². The molecule has 2 aromatic rings. The van der Waals surface area contributed by atoms with Gasteiger partial charge in [0.2, 0.25) is 0 Å². The normalized spacial score (nSPS) is 12.6. The van der Waals surface area contributed by atoms with E-state index < -0.39 is 0 Å². The molecule has 6 nitrogen and oxygen atoms in total. The maximum Gasteiger partial charge on any atom is 0.141 e. The zero-order valence-electron chi connectivity index (χ0n) is 10.0. The number of hydrogen-bond donors (Lipinski definition) is 2. The molecule has 0 saturated heterocycles. The Morgan fingerprint density at radius 2 is 2.33 bits per heavy atom. The molecule has 0 aromatic carbocycles. The Balaban J connectivity index is 2.20. The second kappa shape index (κ2) is 5.65. The Hall–Kier alpha value is -1.86. The minimum absolute atomic E-state index is 0.248. The molecule has 2 rings (SSSR count). The minimum Gasteiger partial charge on any atom is -0.271 e. The molecule has 3 N–H and O–H groups in total. The van der Waals surface area contributed by atoms with E-state index in [1.807, 2.05) is 6.92 Å². The molecule has 1 atom stereocenters. The Bertz CT molecular complexity index is 512. The molecular formula is C11H15FN6. The summed E-state index contributed by atoms with van der Waals surface area (Å²) in [6.07, 6.45) is 4.76. The molecule has 2 aromatic heterocycles. The van der Waals surface area contributed by atoms with Crippen molar-refractivity contribution in [2.45, 2.75) is 25.9 Å². The van der Waals surface area contributed by atoms with Gasteiger partial charge < -0.3 is 0 Å². The van der Waals surface area contributed by atoms with Crippen molar-refractivity contribution in [3.05, 3.63) is 42.0 Å². The fraction of sp³-hybridized carbons (Fsp3) is 0.364. The molecule has 96 valence electrons. The monoisotopic (exact) mass is 250 g/mol. The third-order valence-corrected chi connectivity index (χ3v) is 2.71. The van der Waals surface area contributed by atoms with Gasteiger partial charge in [0.1, 0.15) is 18.0 Å². The van der Waals surface area contributed by atoms with Crippen LogP contribution in [0, 0.1) is 5.82 Å². The summed E-state index contributed by atoms with van der Waals surface area (Å²) in [4.78, 5) is 7.98. The molecule has 0 aliphatic carbocycles. The van der Waals surface area contributed by atoms with E-state index in [9.17, 15) is 4.39 Å². The Kier molecular flexibility index (Phi) is 3.96. The van der Waals surface area contributed by atoms with Crippen LogP contribution in [-0.2, 0) is 13.0 Å². The first-order valence-electron chi connectivity index (χ1n) is 5.67. The van der Waals surface area contributed by atoms with Crippen LogP contribution in [0.5, 0.6) is 0 Å². The summed E-state index contributed by atoms with van der Waals surface area (Å²) in [5, 5.41) is 4.08. The summed E-state index contributed by atoms with van der Waals surface area (Å²) in [6, 6.07) is 1.16. The number of hydrazine groups is 1. The molecule has 0 fully saturated rings. The van der Waals surface area contributed by atoms with Gasteiger partial charge in [0.15, 0.2) is 0 Å². The summed E-state index contributed by atoms with van der Waals surface area (Å²) in [5.74, 6) is 5.92. The lowest BCUT2D eigenvalue weighted by Gasteiger charge is -2.15. The minimum atomic E-state index is -0.385. The van der Waals surface area contributed by atoms with E-state index in [4.69, 9.17) is 5.84 Å². The molecule has 2 heterocycles. The SMILES string of the molecule is CCn1ncnc1CC(NN)c1cncc(F)c1. The highest BCUT2D eigenvalue weighted by Crippen LogP contribution is 2.16. The van der Waals surface area contributed by atoms with Gasteiger partial charge >= 0.3 is 0 Å². The smallest absolute Gasteiger partial charge is 0.141 e. The number of halogens is 1. The number of nitrogens with zero attached hydrogens (tertiary/aromatic N) is 4. The first-order chi connectivity index (χ1) is 8.74. The molecule has 0 bridgehead atoms. The van der Waals surface area contributed by atoms with E-state index in [0.717, 1.165) is 18.6 Å². The highest BCUT2D eigenvalue weighted by Gasteiger charge is 2.15. The predicted octanol–water partition coefficient (Wildman–Crippen LogP) is 0.579. The van der Waals surface area contributed by atoms with E-state index in [1.54, 1.807) is 10.9 Å². The van der Waals surface area contributed by atoms with Crippen LogP contribution in [0.25, 0.3) is 0 Å². The van der Waals surface area contributed by atoms with Crippen LogP contribution in [0.4, 0.5) is 4.39 Å². The first kappa shape index (κ1) is 12.6. The first-order valence-corrected chi connectivity index (χ1v) is 5.67. The van der Waals surface area contributed by atoms with Crippen LogP contribution in [0.3, 0.4) is 0 Å². The van der Waals surface area contributed by atoms with E-state index in [2.05, 4.69) is 20.5 Å². The lowest BCUT2D eigenvalue weighted by molar-refractivity contribution is 0.505. The molecule has 1 unspecified atom stereocenters. The predicted molar refractivity (Wildman–Crippen MR) is 63.7 cm³/mol. The molecule has 0 radical (unpaired) electrons. The Morgan fingerprint density at radius 1 is 1.50 bits per heavy atom. The number of hydrogen-bond acceptors (Lipinski definition) is 5. The zero-order chi connectivity index (χ0) is 13.0. The van der Waals surface area contributed by atoms with Gasteiger partial charge in [-0.3, -0.25) is 20.9 Å². The molecular weight excluding hydrogens is 235 g/mol. The average molecular weight is 250 g/mol. The van der Waals surface area contributed by atoms with Crippen molar-refractivity contribution in [2.75, 3.05) is 0 Å². The number of nitrogens with one attached hydrogen (secondary N) is 1. The quantitative estimate of drug-likeness (QED) is 0.599. The lowest BCUT2D eigenvalue weighted by Crippen LogP contribution is -2.30. The van der Waals surface area contributed by atoms with E-state index in [0.29, 0.717) is 12.0 Å². The Labute approximate surface area is 104 Å². The van der Waals surface area contributed by atoms with Crippen LogP contribution in [0.2, 0.25) is 0 Å². The van der Waals surface area contributed by atoms with E-state index in [-0.39, 0.29) is 11.9 Å². The molecule has 18 heavy (non-hydrogen) atoms. The molecule has 7 heteroatoms. The highest BCUT2D eigenvalue weighted by atomic mass is 19.1. The van der Waals surface area contributed by atoms with Crippen molar-refractivity contribution < 1.29 is 4.39 Å². The van der Waals surface area contributed by atoms with Crippen LogP contribution in [-0.4, -0.2) is 19.7 Å². The van der Waals surface area contributed by atoms with Gasteiger partial charge in [0.05, 0.1) is 12.2 Å². The third-order valence-electron chi connectivity index (χ3n) is 2.71. The Morgan fingerprint density at radius 3 is 3.00 bits per heavy atom. The van der Waals surface area contributed by atoms with Gasteiger partial charge in [-0.05, 0) is 18.6 Å². The van der Waals surface area contributed by atoms with Crippen LogP contribution < -0.4 is 11.3 Å². The third kappa shape index (κ3) is 2.69. The maximum absolute atomic E-state index is 13.1. The standard InChI is InChI=1S/C11H15FN6/c1-2-18-11(15-7-16-18)4-10(17-13)8-3-9(12)6-14-5-8/h3,5-7,10,17H,2,4,13H2,1H3. The lowest BCUT2D eigenvalue weighted by atomic mass is 10.1. The fourth-order valence-corrected chi connectivity index (χ4v) is 1.78. The molecule has 0 amide bonds. The van der Waals surface area contributed by atoms with Gasteiger partial charge in [-0.25, -0.2) is 9.37 Å². The largest absolute Gasteiger partial charge is 0.271 e. The second-order valence-electron chi connectivity index (χ2n) is 3.85. The summed E-state index contributed by atoms with van der Waals surface area (Å²) >= 11 is 0. The summed E-state index contributed by atoms with van der Waals surface area (Å²) in [6.45, 7) is 2.71. The summed E-state index contributed by atoms with van der Waals surface area (Å²) in [7, 11) is 0. The second-order valence-corrected chi connectivity index (χ2v) is 3.85. The van der Waals surface area contributed by atoms with Crippen molar-refractivity contribution in [3.63, 3.8) is 0 Å². The van der Waals surface area contributed by atoms with E-state index in [1.165, 1.54) is 12.4 Å². The highest BCUT2D eigenvalue weighted by molar-refractivity contribution is 5.16. The topological polar surface area (TPSA) is 81.7 Å². The average Bonchev–Trinajstić information content (AvgIpc) is 2.83. The van der Waals surface area contributed by atoms with E-state index >= 15 is 0 Å². The van der Waals surface area contributed by atoms with Crippen LogP contribution in [0.15, 0.2) is 24.8 Å². The van der Waals surface area contributed by atoms with Crippen molar-refractivity contribution in [3.8, 4) is 0 Å². The van der Waals surface area contributed by atoms with Gasteiger partial charge in [-0.15, -0.1) is 0 Å². The molecule has 0 aliphatic rings. The number of aryl methyl sites for hydroxylation is 1. The summed E-state index contributed by atoms with van der Waals surface area (Å²) in [5.41, 5.74) is 3.33.